The number of nitrogens with zero attached hydrogens (tertiary/aromatic N) is 4. The van der Waals surface area contributed by atoms with E-state index in [1.54, 1.807) is 30.5 Å². The molecule has 128 valence electrons. The minimum atomic E-state index is -0.318. The van der Waals surface area contributed by atoms with E-state index in [4.69, 9.17) is 4.74 Å². The maximum Gasteiger partial charge on any atom is 0.339 e. The molecule has 0 aliphatic carbocycles. The first kappa shape index (κ1) is 16.9. The maximum absolute atomic E-state index is 11.7. The predicted octanol–water partition coefficient (Wildman–Crippen LogP) is 2.35. The molecule has 7 heteroatoms. The highest BCUT2D eigenvalue weighted by molar-refractivity contribution is 7.09. The minimum absolute atomic E-state index is 0.318. The van der Waals surface area contributed by atoms with Crippen molar-refractivity contribution in [2.75, 3.05) is 37.7 Å². The Bertz CT molecular complexity index is 678. The summed E-state index contributed by atoms with van der Waals surface area (Å²) in [4.78, 5) is 26.5. The molecular formula is C17H22N4O2S. The quantitative estimate of drug-likeness (QED) is 0.775. The van der Waals surface area contributed by atoms with Crippen LogP contribution in [0.4, 0.5) is 5.82 Å². The summed E-state index contributed by atoms with van der Waals surface area (Å²) >= 11 is 1.73. The summed E-state index contributed by atoms with van der Waals surface area (Å²) in [5.41, 5.74) is 3.55. The second kappa shape index (κ2) is 7.72. The zero-order chi connectivity index (χ0) is 16.9. The van der Waals surface area contributed by atoms with Gasteiger partial charge in [0.05, 0.1) is 23.4 Å². The molecule has 0 amide bonds. The lowest BCUT2D eigenvalue weighted by molar-refractivity contribution is 0.0526. The first-order chi connectivity index (χ1) is 11.7. The molecule has 0 aromatic carbocycles. The number of carbonyl (C=O) groups excluding carboxylic acids is 1. The number of esters is 1. The van der Waals surface area contributed by atoms with Gasteiger partial charge >= 0.3 is 5.97 Å². The highest BCUT2D eigenvalue weighted by Gasteiger charge is 2.19. The SMILES string of the molecule is CCOC(=O)c1ccc(N2CCN(Cc3scnc3C)CC2)nc1. The number of piperazine rings is 1. The zero-order valence-corrected chi connectivity index (χ0v) is 14.9. The summed E-state index contributed by atoms with van der Waals surface area (Å²) in [6.07, 6.45) is 1.60. The molecule has 0 N–H and O–H groups in total. The molecule has 1 saturated heterocycles. The summed E-state index contributed by atoms with van der Waals surface area (Å²) in [6, 6.07) is 3.68. The summed E-state index contributed by atoms with van der Waals surface area (Å²) in [5, 5.41) is 0. The minimum Gasteiger partial charge on any atom is -0.462 e. The summed E-state index contributed by atoms with van der Waals surface area (Å²) < 4.78 is 4.98. The van der Waals surface area contributed by atoms with E-state index >= 15 is 0 Å². The van der Waals surface area contributed by atoms with Crippen molar-refractivity contribution in [2.45, 2.75) is 20.4 Å². The van der Waals surface area contributed by atoms with Gasteiger partial charge in [-0.05, 0) is 26.0 Å². The number of anilines is 1. The Balaban J connectivity index is 1.54. The van der Waals surface area contributed by atoms with E-state index in [2.05, 4.69) is 26.7 Å². The van der Waals surface area contributed by atoms with Crippen molar-refractivity contribution >= 4 is 23.1 Å². The molecule has 2 aromatic heterocycles. The number of carbonyl (C=O) groups is 1. The van der Waals surface area contributed by atoms with Crippen molar-refractivity contribution in [3.05, 3.63) is 40.0 Å². The molecule has 1 aliphatic heterocycles. The predicted molar refractivity (Wildman–Crippen MR) is 94.5 cm³/mol. The Morgan fingerprint density at radius 1 is 1.25 bits per heavy atom. The van der Waals surface area contributed by atoms with Gasteiger partial charge in [-0.1, -0.05) is 0 Å². The van der Waals surface area contributed by atoms with Crippen LogP contribution in [0, 0.1) is 6.92 Å². The summed E-state index contributed by atoms with van der Waals surface area (Å²) in [5.74, 6) is 0.595. The van der Waals surface area contributed by atoms with Crippen LogP contribution in [-0.4, -0.2) is 53.6 Å². The van der Waals surface area contributed by atoms with E-state index in [1.807, 2.05) is 11.6 Å². The number of pyridine rings is 1. The van der Waals surface area contributed by atoms with Crippen LogP contribution < -0.4 is 4.90 Å². The van der Waals surface area contributed by atoms with Crippen LogP contribution in [0.15, 0.2) is 23.8 Å². The van der Waals surface area contributed by atoms with E-state index in [1.165, 1.54) is 4.88 Å². The molecule has 3 heterocycles. The highest BCUT2D eigenvalue weighted by Crippen LogP contribution is 2.18. The molecular weight excluding hydrogens is 324 g/mol. The number of ether oxygens (including phenoxy) is 1. The van der Waals surface area contributed by atoms with E-state index in [-0.39, 0.29) is 5.97 Å². The third-order valence-corrected chi connectivity index (χ3v) is 5.09. The number of hydrogen-bond acceptors (Lipinski definition) is 7. The van der Waals surface area contributed by atoms with Gasteiger partial charge in [-0.25, -0.2) is 14.8 Å². The molecule has 0 radical (unpaired) electrons. The molecule has 0 atom stereocenters. The first-order valence-corrected chi connectivity index (χ1v) is 9.04. The normalized spacial score (nSPS) is 15.5. The van der Waals surface area contributed by atoms with Crippen LogP contribution in [0.2, 0.25) is 0 Å². The van der Waals surface area contributed by atoms with Crippen molar-refractivity contribution in [3.8, 4) is 0 Å². The topological polar surface area (TPSA) is 58.6 Å². The van der Waals surface area contributed by atoms with Crippen molar-refractivity contribution in [1.82, 2.24) is 14.9 Å². The molecule has 0 saturated carbocycles. The van der Waals surface area contributed by atoms with Crippen LogP contribution in [0.1, 0.15) is 27.9 Å². The number of rotatable bonds is 5. The fourth-order valence-electron chi connectivity index (χ4n) is 2.72. The highest BCUT2D eigenvalue weighted by atomic mass is 32.1. The Hall–Kier alpha value is -1.99. The molecule has 1 aliphatic rings. The van der Waals surface area contributed by atoms with Gasteiger partial charge in [-0.15, -0.1) is 11.3 Å². The number of thiazole rings is 1. The van der Waals surface area contributed by atoms with Crippen LogP contribution in [0.25, 0.3) is 0 Å². The van der Waals surface area contributed by atoms with Crippen LogP contribution in [-0.2, 0) is 11.3 Å². The Kier molecular flexibility index (Phi) is 5.42. The van der Waals surface area contributed by atoms with E-state index in [0.29, 0.717) is 12.2 Å². The average molecular weight is 346 g/mol. The lowest BCUT2D eigenvalue weighted by Gasteiger charge is -2.35. The molecule has 0 unspecified atom stereocenters. The lowest BCUT2D eigenvalue weighted by atomic mass is 10.2. The van der Waals surface area contributed by atoms with Gasteiger partial charge in [0.1, 0.15) is 5.82 Å². The maximum atomic E-state index is 11.7. The molecule has 24 heavy (non-hydrogen) atoms. The van der Waals surface area contributed by atoms with Gasteiger partial charge < -0.3 is 9.64 Å². The molecule has 2 aromatic rings. The third kappa shape index (κ3) is 3.91. The third-order valence-electron chi connectivity index (χ3n) is 4.17. The van der Waals surface area contributed by atoms with Crippen LogP contribution >= 0.6 is 11.3 Å². The molecule has 3 rings (SSSR count). The van der Waals surface area contributed by atoms with Gasteiger partial charge in [-0.2, -0.15) is 0 Å². The number of aromatic nitrogens is 2. The number of hydrogen-bond donors (Lipinski definition) is 0. The summed E-state index contributed by atoms with van der Waals surface area (Å²) in [7, 11) is 0. The number of aryl methyl sites for hydroxylation is 1. The fourth-order valence-corrected chi connectivity index (χ4v) is 3.54. The standard InChI is InChI=1S/C17H22N4O2S/c1-3-23-17(22)14-4-5-16(18-10-14)21-8-6-20(7-9-21)11-15-13(2)19-12-24-15/h4-5,10,12H,3,6-9,11H2,1-2H3. The second-order valence-corrected chi connectivity index (χ2v) is 6.69. The van der Waals surface area contributed by atoms with Gasteiger partial charge in [-0.3, -0.25) is 4.90 Å². The Morgan fingerprint density at radius 3 is 2.62 bits per heavy atom. The monoisotopic (exact) mass is 346 g/mol. The Labute approximate surface area is 146 Å². The van der Waals surface area contributed by atoms with Gasteiger partial charge in [0.15, 0.2) is 0 Å². The molecule has 1 fully saturated rings. The average Bonchev–Trinajstić information content (AvgIpc) is 3.01. The Morgan fingerprint density at radius 2 is 2.04 bits per heavy atom. The fraction of sp³-hybridized carbons (Fsp3) is 0.471. The smallest absolute Gasteiger partial charge is 0.339 e. The van der Waals surface area contributed by atoms with Gasteiger partial charge in [0, 0.05) is 43.8 Å². The van der Waals surface area contributed by atoms with Crippen molar-refractivity contribution in [2.24, 2.45) is 0 Å². The van der Waals surface area contributed by atoms with Crippen molar-refractivity contribution < 1.29 is 9.53 Å². The molecule has 0 bridgehead atoms. The van der Waals surface area contributed by atoms with E-state index in [0.717, 1.165) is 44.2 Å². The van der Waals surface area contributed by atoms with E-state index < -0.39 is 0 Å². The van der Waals surface area contributed by atoms with Gasteiger partial charge in [0.2, 0.25) is 0 Å². The first-order valence-electron chi connectivity index (χ1n) is 8.17. The second-order valence-electron chi connectivity index (χ2n) is 5.75. The van der Waals surface area contributed by atoms with Crippen molar-refractivity contribution in [1.29, 1.82) is 0 Å². The zero-order valence-electron chi connectivity index (χ0n) is 14.1. The van der Waals surface area contributed by atoms with Crippen LogP contribution in [0.5, 0.6) is 0 Å². The summed E-state index contributed by atoms with van der Waals surface area (Å²) in [6.45, 7) is 9.08. The molecule has 0 spiro atoms. The van der Waals surface area contributed by atoms with Crippen molar-refractivity contribution in [3.63, 3.8) is 0 Å². The largest absolute Gasteiger partial charge is 0.462 e. The molecule has 6 nitrogen and oxygen atoms in total. The van der Waals surface area contributed by atoms with E-state index in [9.17, 15) is 4.79 Å². The lowest BCUT2D eigenvalue weighted by Crippen LogP contribution is -2.46. The van der Waals surface area contributed by atoms with Gasteiger partial charge in [0.25, 0.3) is 0 Å². The van der Waals surface area contributed by atoms with Crippen LogP contribution in [0.3, 0.4) is 0 Å².